The van der Waals surface area contributed by atoms with E-state index in [9.17, 15) is 4.39 Å². The van der Waals surface area contributed by atoms with Gasteiger partial charge >= 0.3 is 0 Å². The Morgan fingerprint density at radius 2 is 2.24 bits per heavy atom. The van der Waals surface area contributed by atoms with Gasteiger partial charge in [0.15, 0.2) is 0 Å². The van der Waals surface area contributed by atoms with Crippen molar-refractivity contribution >= 4 is 0 Å². The fourth-order valence-electron chi connectivity index (χ4n) is 3.27. The Balaban J connectivity index is 2.11. The lowest BCUT2D eigenvalue weighted by Crippen LogP contribution is -2.43. The number of hydrogen-bond acceptors (Lipinski definition) is 3. The molecular formula is C17H28FN3. The molecule has 118 valence electrons. The predicted molar refractivity (Wildman–Crippen MR) is 84.7 cm³/mol. The van der Waals surface area contributed by atoms with Crippen molar-refractivity contribution in [2.75, 3.05) is 19.6 Å². The molecule has 0 amide bonds. The van der Waals surface area contributed by atoms with E-state index in [1.807, 2.05) is 6.07 Å². The maximum Gasteiger partial charge on any atom is 0.141 e. The Kier molecular flexibility index (Phi) is 6.12. The van der Waals surface area contributed by atoms with Crippen molar-refractivity contribution < 1.29 is 4.39 Å². The second-order valence-electron chi connectivity index (χ2n) is 6.33. The fourth-order valence-corrected chi connectivity index (χ4v) is 3.27. The smallest absolute Gasteiger partial charge is 0.141 e. The molecule has 1 aromatic rings. The zero-order valence-corrected chi connectivity index (χ0v) is 13.5. The Labute approximate surface area is 127 Å². The van der Waals surface area contributed by atoms with Gasteiger partial charge in [-0.05, 0) is 64.3 Å². The molecule has 0 bridgehead atoms. The van der Waals surface area contributed by atoms with Crippen molar-refractivity contribution in [3.05, 3.63) is 29.8 Å². The molecule has 2 rings (SSSR count). The van der Waals surface area contributed by atoms with Crippen molar-refractivity contribution in [2.45, 2.75) is 52.1 Å². The van der Waals surface area contributed by atoms with Crippen molar-refractivity contribution in [2.24, 2.45) is 5.92 Å². The van der Waals surface area contributed by atoms with Gasteiger partial charge in [-0.25, -0.2) is 4.39 Å². The van der Waals surface area contributed by atoms with Crippen molar-refractivity contribution in [1.82, 2.24) is 15.2 Å². The van der Waals surface area contributed by atoms with Gasteiger partial charge in [-0.1, -0.05) is 6.92 Å². The minimum absolute atomic E-state index is 0.263. The van der Waals surface area contributed by atoms with Gasteiger partial charge in [0, 0.05) is 12.6 Å². The SMILES string of the molecule is CCC(c1ccc(F)cn1)N(CC1CCCNC1)C(C)C. The first-order valence-electron chi connectivity index (χ1n) is 8.19. The molecule has 1 aromatic heterocycles. The first kappa shape index (κ1) is 16.4. The predicted octanol–water partition coefficient (Wildman–Crippen LogP) is 3.38. The fraction of sp³-hybridized carbons (Fsp3) is 0.706. The standard InChI is InChI=1S/C17H28FN3/c1-4-17(16-8-7-15(18)11-20-16)21(13(2)3)12-14-6-5-9-19-10-14/h7-8,11,13-14,17,19H,4-6,9-10,12H2,1-3H3. The van der Waals surface area contributed by atoms with Crippen LogP contribution < -0.4 is 5.32 Å². The quantitative estimate of drug-likeness (QED) is 0.871. The molecule has 0 radical (unpaired) electrons. The topological polar surface area (TPSA) is 28.2 Å². The Morgan fingerprint density at radius 1 is 1.43 bits per heavy atom. The van der Waals surface area contributed by atoms with Crippen LogP contribution in [0.1, 0.15) is 51.8 Å². The monoisotopic (exact) mass is 293 g/mol. The molecule has 21 heavy (non-hydrogen) atoms. The summed E-state index contributed by atoms with van der Waals surface area (Å²) in [5.41, 5.74) is 0.983. The molecule has 1 N–H and O–H groups in total. The van der Waals surface area contributed by atoms with E-state index in [1.54, 1.807) is 0 Å². The summed E-state index contributed by atoms with van der Waals surface area (Å²) >= 11 is 0. The zero-order chi connectivity index (χ0) is 15.2. The van der Waals surface area contributed by atoms with E-state index in [2.05, 4.69) is 36.0 Å². The average molecular weight is 293 g/mol. The van der Waals surface area contributed by atoms with Crippen LogP contribution in [0, 0.1) is 11.7 Å². The lowest BCUT2D eigenvalue weighted by Gasteiger charge is -2.38. The van der Waals surface area contributed by atoms with E-state index in [1.165, 1.54) is 25.1 Å². The zero-order valence-electron chi connectivity index (χ0n) is 13.5. The van der Waals surface area contributed by atoms with Crippen molar-refractivity contribution in [3.8, 4) is 0 Å². The van der Waals surface area contributed by atoms with Gasteiger partial charge in [0.2, 0.25) is 0 Å². The van der Waals surface area contributed by atoms with Crippen LogP contribution in [-0.4, -0.2) is 35.6 Å². The van der Waals surface area contributed by atoms with Crippen LogP contribution in [0.4, 0.5) is 4.39 Å². The highest BCUT2D eigenvalue weighted by Crippen LogP contribution is 2.27. The Bertz CT molecular complexity index is 413. The van der Waals surface area contributed by atoms with E-state index in [-0.39, 0.29) is 11.9 Å². The Morgan fingerprint density at radius 3 is 2.76 bits per heavy atom. The van der Waals surface area contributed by atoms with Gasteiger partial charge in [-0.2, -0.15) is 0 Å². The minimum Gasteiger partial charge on any atom is -0.316 e. The lowest BCUT2D eigenvalue weighted by atomic mass is 9.96. The first-order valence-corrected chi connectivity index (χ1v) is 8.19. The van der Waals surface area contributed by atoms with E-state index in [4.69, 9.17) is 0 Å². The van der Waals surface area contributed by atoms with Gasteiger partial charge in [0.25, 0.3) is 0 Å². The summed E-state index contributed by atoms with van der Waals surface area (Å²) in [4.78, 5) is 6.84. The summed E-state index contributed by atoms with van der Waals surface area (Å²) in [6.45, 7) is 10.0. The van der Waals surface area contributed by atoms with Crippen LogP contribution in [0.25, 0.3) is 0 Å². The molecule has 3 nitrogen and oxygen atoms in total. The van der Waals surface area contributed by atoms with Crippen molar-refractivity contribution in [1.29, 1.82) is 0 Å². The molecular weight excluding hydrogens is 265 g/mol. The molecule has 1 saturated heterocycles. The molecule has 0 aliphatic carbocycles. The van der Waals surface area contributed by atoms with E-state index >= 15 is 0 Å². The van der Waals surface area contributed by atoms with Gasteiger partial charge in [-0.15, -0.1) is 0 Å². The third kappa shape index (κ3) is 4.48. The molecule has 1 aliphatic heterocycles. The molecule has 2 heterocycles. The molecule has 1 fully saturated rings. The van der Waals surface area contributed by atoms with E-state index in [0.717, 1.165) is 31.7 Å². The van der Waals surface area contributed by atoms with Crippen LogP contribution in [0.15, 0.2) is 18.3 Å². The summed E-state index contributed by atoms with van der Waals surface area (Å²) in [7, 11) is 0. The number of rotatable bonds is 6. The molecule has 2 atom stereocenters. The second kappa shape index (κ2) is 7.85. The molecule has 0 aromatic carbocycles. The highest BCUT2D eigenvalue weighted by Gasteiger charge is 2.26. The third-order valence-electron chi connectivity index (χ3n) is 4.41. The minimum atomic E-state index is -0.263. The lowest BCUT2D eigenvalue weighted by molar-refractivity contribution is 0.112. The van der Waals surface area contributed by atoms with Gasteiger partial charge in [-0.3, -0.25) is 9.88 Å². The van der Waals surface area contributed by atoms with E-state index in [0.29, 0.717) is 12.0 Å². The van der Waals surface area contributed by atoms with Crippen LogP contribution >= 0.6 is 0 Å². The molecule has 4 heteroatoms. The summed E-state index contributed by atoms with van der Waals surface area (Å²) in [5.74, 6) is 0.442. The molecule has 0 saturated carbocycles. The molecule has 0 spiro atoms. The second-order valence-corrected chi connectivity index (χ2v) is 6.33. The van der Waals surface area contributed by atoms with Crippen LogP contribution in [0.5, 0.6) is 0 Å². The highest BCUT2D eigenvalue weighted by molar-refractivity contribution is 5.10. The Hall–Kier alpha value is -1.00. The number of nitrogens with one attached hydrogen (secondary N) is 1. The third-order valence-corrected chi connectivity index (χ3v) is 4.41. The summed E-state index contributed by atoms with van der Waals surface area (Å²) in [6.07, 6.45) is 4.89. The van der Waals surface area contributed by atoms with Gasteiger partial charge in [0.1, 0.15) is 5.82 Å². The highest BCUT2D eigenvalue weighted by atomic mass is 19.1. The number of aromatic nitrogens is 1. The normalized spacial score (nSPS) is 21.0. The maximum atomic E-state index is 13.1. The van der Waals surface area contributed by atoms with Crippen LogP contribution in [0.3, 0.4) is 0 Å². The van der Waals surface area contributed by atoms with Gasteiger partial charge in [0.05, 0.1) is 17.9 Å². The molecule has 2 unspecified atom stereocenters. The van der Waals surface area contributed by atoms with Crippen LogP contribution in [-0.2, 0) is 0 Å². The van der Waals surface area contributed by atoms with Crippen molar-refractivity contribution in [3.63, 3.8) is 0 Å². The summed E-state index contributed by atoms with van der Waals surface area (Å²) in [6, 6.07) is 4.08. The summed E-state index contributed by atoms with van der Waals surface area (Å²) < 4.78 is 13.1. The summed E-state index contributed by atoms with van der Waals surface area (Å²) in [5, 5.41) is 3.49. The van der Waals surface area contributed by atoms with Gasteiger partial charge < -0.3 is 5.32 Å². The largest absolute Gasteiger partial charge is 0.316 e. The number of piperidine rings is 1. The maximum absolute atomic E-state index is 13.1. The average Bonchev–Trinajstić information content (AvgIpc) is 2.49. The number of nitrogens with zero attached hydrogens (tertiary/aromatic N) is 2. The first-order chi connectivity index (χ1) is 10.1. The molecule has 1 aliphatic rings. The van der Waals surface area contributed by atoms with Crippen LogP contribution in [0.2, 0.25) is 0 Å². The number of pyridine rings is 1. The number of halogens is 1. The number of hydrogen-bond donors (Lipinski definition) is 1. The van der Waals surface area contributed by atoms with E-state index < -0.39 is 0 Å².